The third kappa shape index (κ3) is 3.62. The Balaban J connectivity index is 2.20. The van der Waals surface area contributed by atoms with E-state index in [1.165, 1.54) is 0 Å². The molecule has 134 valence electrons. The maximum Gasteiger partial charge on any atom is 0.308 e. The second-order valence-electron chi connectivity index (χ2n) is 7.09. The van der Waals surface area contributed by atoms with Gasteiger partial charge in [-0.2, -0.15) is 5.10 Å². The minimum Gasteiger partial charge on any atom is -0.481 e. The lowest BCUT2D eigenvalue weighted by Gasteiger charge is -2.39. The molecule has 1 aliphatic carbocycles. The average molecular weight is 335 g/mol. The summed E-state index contributed by atoms with van der Waals surface area (Å²) in [6, 6.07) is 2.07. The van der Waals surface area contributed by atoms with E-state index in [0.717, 1.165) is 31.4 Å². The van der Waals surface area contributed by atoms with Crippen molar-refractivity contribution in [2.75, 3.05) is 0 Å². The number of carbonyl (C=O) groups is 2. The Morgan fingerprint density at radius 1 is 1.42 bits per heavy atom. The molecule has 2 unspecified atom stereocenters. The molecule has 1 aromatic heterocycles. The summed E-state index contributed by atoms with van der Waals surface area (Å²) in [7, 11) is 0. The molecule has 6 heteroatoms. The van der Waals surface area contributed by atoms with Crippen molar-refractivity contribution >= 4 is 11.9 Å². The number of aromatic nitrogens is 2. The minimum absolute atomic E-state index is 0.279. The fourth-order valence-electron chi connectivity index (χ4n) is 3.81. The Morgan fingerprint density at radius 3 is 2.67 bits per heavy atom. The van der Waals surface area contributed by atoms with Crippen molar-refractivity contribution in [1.82, 2.24) is 15.1 Å². The van der Waals surface area contributed by atoms with E-state index in [-0.39, 0.29) is 11.9 Å². The summed E-state index contributed by atoms with van der Waals surface area (Å²) in [5, 5.41) is 16.9. The van der Waals surface area contributed by atoms with Crippen LogP contribution in [-0.2, 0) is 4.79 Å². The van der Waals surface area contributed by atoms with Crippen LogP contribution in [0.3, 0.4) is 0 Å². The SMILES string of the molecule is CCC(CC)n1nc(C(=O)NC2(C)CCCCC2C(=O)O)cc1C. The summed E-state index contributed by atoms with van der Waals surface area (Å²) in [5.74, 6) is -1.66. The Hall–Kier alpha value is -1.85. The standard InChI is InChI=1S/C18H29N3O3/c1-5-13(6-2)21-12(3)11-15(20-21)16(22)19-18(4)10-8-7-9-14(18)17(23)24/h11,13-14H,5-10H2,1-4H3,(H,19,22)(H,23,24). The van der Waals surface area contributed by atoms with Crippen LogP contribution in [0.25, 0.3) is 0 Å². The maximum absolute atomic E-state index is 12.7. The van der Waals surface area contributed by atoms with Crippen LogP contribution in [0.15, 0.2) is 6.07 Å². The largest absolute Gasteiger partial charge is 0.481 e. The topological polar surface area (TPSA) is 84.2 Å². The van der Waals surface area contributed by atoms with E-state index in [9.17, 15) is 14.7 Å². The Kier molecular flexibility index (Phi) is 5.67. The van der Waals surface area contributed by atoms with Crippen molar-refractivity contribution in [2.24, 2.45) is 5.92 Å². The molecule has 1 fully saturated rings. The molecular weight excluding hydrogens is 306 g/mol. The number of aliphatic carboxylic acids is 1. The zero-order valence-electron chi connectivity index (χ0n) is 15.1. The molecule has 0 saturated heterocycles. The predicted molar refractivity (Wildman–Crippen MR) is 92.0 cm³/mol. The van der Waals surface area contributed by atoms with Crippen LogP contribution in [0.1, 0.15) is 81.5 Å². The molecule has 2 N–H and O–H groups in total. The number of carboxylic acid groups (broad SMARTS) is 1. The lowest BCUT2D eigenvalue weighted by Crippen LogP contribution is -2.55. The molecule has 1 aromatic rings. The van der Waals surface area contributed by atoms with E-state index < -0.39 is 17.4 Å². The van der Waals surface area contributed by atoms with E-state index in [0.29, 0.717) is 18.5 Å². The van der Waals surface area contributed by atoms with Gasteiger partial charge in [-0.1, -0.05) is 26.7 Å². The maximum atomic E-state index is 12.7. The van der Waals surface area contributed by atoms with Gasteiger partial charge in [-0.3, -0.25) is 14.3 Å². The van der Waals surface area contributed by atoms with Crippen LogP contribution in [0, 0.1) is 12.8 Å². The monoisotopic (exact) mass is 335 g/mol. The van der Waals surface area contributed by atoms with Gasteiger partial charge in [-0.05, 0) is 45.6 Å². The van der Waals surface area contributed by atoms with Gasteiger partial charge in [-0.25, -0.2) is 0 Å². The number of nitrogens with zero attached hydrogens (tertiary/aromatic N) is 2. The molecule has 1 amide bonds. The van der Waals surface area contributed by atoms with Crippen LogP contribution >= 0.6 is 0 Å². The van der Waals surface area contributed by atoms with Crippen LogP contribution in [0.4, 0.5) is 0 Å². The van der Waals surface area contributed by atoms with Crippen molar-refractivity contribution < 1.29 is 14.7 Å². The first-order chi connectivity index (χ1) is 11.3. The van der Waals surface area contributed by atoms with Gasteiger partial charge in [0.25, 0.3) is 5.91 Å². The molecule has 2 rings (SSSR count). The van der Waals surface area contributed by atoms with Crippen LogP contribution in [0.5, 0.6) is 0 Å². The Labute approximate surface area is 143 Å². The third-order valence-corrected chi connectivity index (χ3v) is 5.35. The van der Waals surface area contributed by atoms with Gasteiger partial charge < -0.3 is 10.4 Å². The lowest BCUT2D eigenvalue weighted by atomic mass is 9.74. The number of rotatable bonds is 6. The summed E-state index contributed by atoms with van der Waals surface area (Å²) >= 11 is 0. The number of nitrogens with one attached hydrogen (secondary N) is 1. The van der Waals surface area contributed by atoms with Gasteiger partial charge >= 0.3 is 5.97 Å². The van der Waals surface area contributed by atoms with Crippen molar-refractivity contribution in [3.8, 4) is 0 Å². The van der Waals surface area contributed by atoms with E-state index in [2.05, 4.69) is 24.3 Å². The normalized spacial score (nSPS) is 24.1. The molecule has 0 spiro atoms. The Morgan fingerprint density at radius 2 is 2.08 bits per heavy atom. The first-order valence-electron chi connectivity index (χ1n) is 8.93. The van der Waals surface area contributed by atoms with E-state index in [1.807, 2.05) is 18.5 Å². The number of hydrogen-bond donors (Lipinski definition) is 2. The second-order valence-corrected chi connectivity index (χ2v) is 7.09. The highest BCUT2D eigenvalue weighted by Gasteiger charge is 2.42. The first kappa shape index (κ1) is 18.5. The predicted octanol–water partition coefficient (Wildman–Crippen LogP) is 3.32. The van der Waals surface area contributed by atoms with Gasteiger partial charge in [-0.15, -0.1) is 0 Å². The van der Waals surface area contributed by atoms with Crippen molar-refractivity contribution in [1.29, 1.82) is 0 Å². The van der Waals surface area contributed by atoms with Gasteiger partial charge in [0.05, 0.1) is 17.5 Å². The summed E-state index contributed by atoms with van der Waals surface area (Å²) in [4.78, 5) is 24.2. The highest BCUT2D eigenvalue weighted by atomic mass is 16.4. The number of carbonyl (C=O) groups excluding carboxylic acids is 1. The number of carboxylic acids is 1. The number of amides is 1. The minimum atomic E-state index is -0.837. The highest BCUT2D eigenvalue weighted by Crippen LogP contribution is 2.34. The summed E-state index contributed by atoms with van der Waals surface area (Å²) in [5.41, 5.74) is 0.612. The van der Waals surface area contributed by atoms with Crippen molar-refractivity contribution in [3.63, 3.8) is 0 Å². The quantitative estimate of drug-likeness (QED) is 0.835. The van der Waals surface area contributed by atoms with Crippen LogP contribution < -0.4 is 5.32 Å². The molecule has 0 aliphatic heterocycles. The molecule has 1 saturated carbocycles. The molecule has 0 bridgehead atoms. The fourth-order valence-corrected chi connectivity index (χ4v) is 3.81. The van der Waals surface area contributed by atoms with Crippen LogP contribution in [0.2, 0.25) is 0 Å². The molecule has 0 aromatic carbocycles. The zero-order chi connectivity index (χ0) is 17.9. The molecule has 24 heavy (non-hydrogen) atoms. The first-order valence-corrected chi connectivity index (χ1v) is 8.93. The van der Waals surface area contributed by atoms with Gasteiger partial charge in [0, 0.05) is 5.69 Å². The highest BCUT2D eigenvalue weighted by molar-refractivity contribution is 5.93. The molecular formula is C18H29N3O3. The fraction of sp³-hybridized carbons (Fsp3) is 0.722. The van der Waals surface area contributed by atoms with Gasteiger partial charge in [0.2, 0.25) is 0 Å². The van der Waals surface area contributed by atoms with Gasteiger partial charge in [0.1, 0.15) is 5.69 Å². The van der Waals surface area contributed by atoms with E-state index in [4.69, 9.17) is 0 Å². The van der Waals surface area contributed by atoms with Crippen molar-refractivity contribution in [3.05, 3.63) is 17.5 Å². The summed E-state index contributed by atoms with van der Waals surface area (Å²) < 4.78 is 1.91. The lowest BCUT2D eigenvalue weighted by molar-refractivity contribution is -0.145. The van der Waals surface area contributed by atoms with E-state index in [1.54, 1.807) is 6.07 Å². The van der Waals surface area contributed by atoms with E-state index >= 15 is 0 Å². The summed E-state index contributed by atoms with van der Waals surface area (Å²) in [6.07, 6.45) is 5.03. The molecule has 1 aliphatic rings. The smallest absolute Gasteiger partial charge is 0.308 e. The third-order valence-electron chi connectivity index (χ3n) is 5.35. The summed E-state index contributed by atoms with van der Waals surface area (Å²) in [6.45, 7) is 8.00. The van der Waals surface area contributed by atoms with Gasteiger partial charge in [0.15, 0.2) is 0 Å². The molecule has 6 nitrogen and oxygen atoms in total. The molecule has 1 heterocycles. The number of aryl methyl sites for hydroxylation is 1. The number of hydrogen-bond acceptors (Lipinski definition) is 3. The second kappa shape index (κ2) is 7.36. The average Bonchev–Trinajstić information content (AvgIpc) is 2.90. The Bertz CT molecular complexity index is 607. The van der Waals surface area contributed by atoms with Crippen molar-refractivity contribution in [2.45, 2.75) is 77.8 Å². The molecule has 0 radical (unpaired) electrons. The molecule has 2 atom stereocenters. The van der Waals surface area contributed by atoms with Crippen LogP contribution in [-0.4, -0.2) is 32.3 Å². The zero-order valence-corrected chi connectivity index (χ0v) is 15.1.